The molecule has 0 saturated carbocycles. The van der Waals surface area contributed by atoms with E-state index in [1.54, 1.807) is 37.5 Å². The highest BCUT2D eigenvalue weighted by Gasteiger charge is 2.12. The third-order valence-corrected chi connectivity index (χ3v) is 3.19. The SMILES string of the molecule is Cn1c(=O)oc2ccc(-c3ccnc(N)c3C#N)cc21. The number of aromatic nitrogens is 2. The fraction of sp³-hybridized carbons (Fsp3) is 0.0714. The fourth-order valence-electron chi connectivity index (χ4n) is 2.13. The molecule has 0 spiro atoms. The molecule has 0 fully saturated rings. The van der Waals surface area contributed by atoms with Crippen LogP contribution < -0.4 is 11.5 Å². The lowest BCUT2D eigenvalue weighted by atomic mass is 10.0. The average Bonchev–Trinajstić information content (AvgIpc) is 2.73. The number of anilines is 1. The quantitative estimate of drug-likeness (QED) is 0.722. The van der Waals surface area contributed by atoms with Crippen LogP contribution >= 0.6 is 0 Å². The van der Waals surface area contributed by atoms with E-state index in [-0.39, 0.29) is 5.82 Å². The Morgan fingerprint density at radius 3 is 2.95 bits per heavy atom. The second-order valence-corrected chi connectivity index (χ2v) is 4.34. The summed E-state index contributed by atoms with van der Waals surface area (Å²) in [6.45, 7) is 0. The topological polar surface area (TPSA) is 97.8 Å². The normalized spacial score (nSPS) is 10.6. The Bertz CT molecular complexity index is 915. The van der Waals surface area contributed by atoms with Gasteiger partial charge in [-0.15, -0.1) is 0 Å². The molecule has 0 amide bonds. The summed E-state index contributed by atoms with van der Waals surface area (Å²) in [6, 6.07) is 9.03. The van der Waals surface area contributed by atoms with E-state index in [4.69, 9.17) is 10.2 Å². The molecule has 0 bridgehead atoms. The third kappa shape index (κ3) is 1.65. The standard InChI is InChI=1S/C14H10N4O2/c1-18-11-6-8(2-3-12(11)20-14(18)19)9-4-5-17-13(16)10(9)7-15/h2-6H,1H3,(H2,16,17). The second kappa shape index (κ2) is 4.24. The van der Waals surface area contributed by atoms with Crippen LogP contribution in [0.4, 0.5) is 5.82 Å². The molecule has 2 aromatic heterocycles. The molecule has 3 rings (SSSR count). The molecule has 0 saturated heterocycles. The molecule has 2 N–H and O–H groups in total. The van der Waals surface area contributed by atoms with Gasteiger partial charge in [0, 0.05) is 18.8 Å². The van der Waals surface area contributed by atoms with Crippen LogP contribution in [0.3, 0.4) is 0 Å². The van der Waals surface area contributed by atoms with Gasteiger partial charge in [-0.2, -0.15) is 5.26 Å². The smallest absolute Gasteiger partial charge is 0.408 e. The molecule has 1 aromatic carbocycles. The number of pyridine rings is 1. The molecular formula is C14H10N4O2. The molecule has 6 nitrogen and oxygen atoms in total. The van der Waals surface area contributed by atoms with E-state index in [2.05, 4.69) is 11.1 Å². The lowest BCUT2D eigenvalue weighted by Gasteiger charge is -2.06. The van der Waals surface area contributed by atoms with Crippen molar-refractivity contribution in [3.63, 3.8) is 0 Å². The number of oxazole rings is 1. The Kier molecular flexibility index (Phi) is 2.54. The molecule has 0 aliphatic heterocycles. The van der Waals surface area contributed by atoms with E-state index < -0.39 is 5.76 Å². The zero-order chi connectivity index (χ0) is 14.3. The maximum atomic E-state index is 11.5. The van der Waals surface area contributed by atoms with Crippen LogP contribution in [0.2, 0.25) is 0 Å². The molecule has 0 unspecified atom stereocenters. The highest BCUT2D eigenvalue weighted by Crippen LogP contribution is 2.28. The Morgan fingerprint density at radius 1 is 1.40 bits per heavy atom. The van der Waals surface area contributed by atoms with Crippen LogP contribution in [0.5, 0.6) is 0 Å². The fourth-order valence-corrected chi connectivity index (χ4v) is 2.13. The Balaban J connectivity index is 2.31. The molecule has 0 aliphatic rings. The number of nitrogen functional groups attached to an aromatic ring is 1. The van der Waals surface area contributed by atoms with E-state index in [1.807, 2.05) is 0 Å². The summed E-state index contributed by atoms with van der Waals surface area (Å²) in [5, 5.41) is 9.19. The molecule has 6 heteroatoms. The maximum Gasteiger partial charge on any atom is 0.419 e. The summed E-state index contributed by atoms with van der Waals surface area (Å²) in [5.74, 6) is -0.238. The van der Waals surface area contributed by atoms with Crippen molar-refractivity contribution in [1.82, 2.24) is 9.55 Å². The van der Waals surface area contributed by atoms with Crippen molar-refractivity contribution in [2.45, 2.75) is 0 Å². The highest BCUT2D eigenvalue weighted by molar-refractivity contribution is 5.83. The molecule has 0 aliphatic carbocycles. The monoisotopic (exact) mass is 266 g/mol. The van der Waals surface area contributed by atoms with Gasteiger partial charge < -0.3 is 10.2 Å². The van der Waals surface area contributed by atoms with Gasteiger partial charge in [0.15, 0.2) is 5.58 Å². The Hall–Kier alpha value is -3.07. The lowest BCUT2D eigenvalue weighted by molar-refractivity contribution is 0.528. The number of hydrogen-bond acceptors (Lipinski definition) is 5. The molecule has 2 heterocycles. The van der Waals surface area contributed by atoms with Crippen LogP contribution in [0.15, 0.2) is 39.7 Å². The van der Waals surface area contributed by atoms with Crippen molar-refractivity contribution in [2.24, 2.45) is 7.05 Å². The van der Waals surface area contributed by atoms with Gasteiger partial charge in [-0.3, -0.25) is 4.57 Å². The number of rotatable bonds is 1. The summed E-state index contributed by atoms with van der Waals surface area (Å²) in [4.78, 5) is 15.4. The number of nitrogens with zero attached hydrogens (tertiary/aromatic N) is 3. The highest BCUT2D eigenvalue weighted by atomic mass is 16.4. The summed E-state index contributed by atoms with van der Waals surface area (Å²) in [7, 11) is 1.63. The Morgan fingerprint density at radius 2 is 2.20 bits per heavy atom. The zero-order valence-corrected chi connectivity index (χ0v) is 10.6. The predicted octanol–water partition coefficient (Wildman–Crippen LogP) is 1.65. The van der Waals surface area contributed by atoms with Gasteiger partial charge in [0.1, 0.15) is 17.5 Å². The summed E-state index contributed by atoms with van der Waals surface area (Å²) in [6.07, 6.45) is 1.55. The molecule has 0 radical (unpaired) electrons. The van der Waals surface area contributed by atoms with Gasteiger partial charge >= 0.3 is 5.76 Å². The predicted molar refractivity (Wildman–Crippen MR) is 73.8 cm³/mol. The average molecular weight is 266 g/mol. The zero-order valence-electron chi connectivity index (χ0n) is 10.6. The van der Waals surface area contributed by atoms with Gasteiger partial charge in [0.2, 0.25) is 0 Å². The summed E-state index contributed by atoms with van der Waals surface area (Å²) >= 11 is 0. The van der Waals surface area contributed by atoms with Crippen molar-refractivity contribution in [2.75, 3.05) is 5.73 Å². The van der Waals surface area contributed by atoms with Crippen LogP contribution in [-0.4, -0.2) is 9.55 Å². The second-order valence-electron chi connectivity index (χ2n) is 4.34. The largest absolute Gasteiger partial charge is 0.419 e. The van der Waals surface area contributed by atoms with Crippen molar-refractivity contribution in [3.05, 3.63) is 46.6 Å². The number of nitrogens with two attached hydrogens (primary N) is 1. The van der Waals surface area contributed by atoms with Crippen molar-refractivity contribution in [3.8, 4) is 17.2 Å². The van der Waals surface area contributed by atoms with Crippen LogP contribution in [0, 0.1) is 11.3 Å². The number of fused-ring (bicyclic) bond motifs is 1. The van der Waals surface area contributed by atoms with E-state index >= 15 is 0 Å². The number of hydrogen-bond donors (Lipinski definition) is 1. The van der Waals surface area contributed by atoms with Crippen LogP contribution in [0.1, 0.15) is 5.56 Å². The van der Waals surface area contributed by atoms with Crippen molar-refractivity contribution in [1.29, 1.82) is 5.26 Å². The van der Waals surface area contributed by atoms with Gasteiger partial charge in [0.05, 0.1) is 5.52 Å². The van der Waals surface area contributed by atoms with Crippen molar-refractivity contribution < 1.29 is 4.42 Å². The van der Waals surface area contributed by atoms with Gasteiger partial charge in [0.25, 0.3) is 0 Å². The first-order valence-electron chi connectivity index (χ1n) is 5.86. The van der Waals surface area contributed by atoms with Gasteiger partial charge in [-0.1, -0.05) is 6.07 Å². The maximum absolute atomic E-state index is 11.5. The number of benzene rings is 1. The van der Waals surface area contributed by atoms with E-state index in [9.17, 15) is 10.1 Å². The lowest BCUT2D eigenvalue weighted by Crippen LogP contribution is -2.08. The minimum absolute atomic E-state index is 0.186. The molecule has 3 aromatic rings. The minimum Gasteiger partial charge on any atom is -0.408 e. The van der Waals surface area contributed by atoms with Gasteiger partial charge in [-0.05, 0) is 23.8 Å². The molecule has 20 heavy (non-hydrogen) atoms. The molecule has 0 atom stereocenters. The Labute approximate surface area is 113 Å². The first kappa shape index (κ1) is 12.0. The van der Waals surface area contributed by atoms with Crippen LogP contribution in [0.25, 0.3) is 22.2 Å². The first-order valence-corrected chi connectivity index (χ1v) is 5.86. The van der Waals surface area contributed by atoms with Crippen LogP contribution in [-0.2, 0) is 7.05 Å². The number of nitriles is 1. The summed E-state index contributed by atoms with van der Waals surface area (Å²) < 4.78 is 6.49. The molecular weight excluding hydrogens is 256 g/mol. The molecule has 98 valence electrons. The van der Waals surface area contributed by atoms with Gasteiger partial charge in [-0.25, -0.2) is 9.78 Å². The first-order chi connectivity index (χ1) is 9.61. The van der Waals surface area contributed by atoms with Crippen molar-refractivity contribution >= 4 is 16.9 Å². The minimum atomic E-state index is -0.424. The number of aryl methyl sites for hydroxylation is 1. The third-order valence-electron chi connectivity index (χ3n) is 3.19. The summed E-state index contributed by atoms with van der Waals surface area (Å²) in [5.41, 5.74) is 8.64. The van der Waals surface area contributed by atoms with E-state index in [1.165, 1.54) is 4.57 Å². The van der Waals surface area contributed by atoms with E-state index in [0.29, 0.717) is 22.2 Å². The van der Waals surface area contributed by atoms with E-state index in [0.717, 1.165) is 5.56 Å².